The van der Waals surface area contributed by atoms with Gasteiger partial charge in [0.15, 0.2) is 0 Å². The van der Waals surface area contributed by atoms with Crippen LogP contribution < -0.4 is 10.2 Å². The van der Waals surface area contributed by atoms with Crippen LogP contribution in [0.3, 0.4) is 0 Å². The molecule has 0 bridgehead atoms. The van der Waals surface area contributed by atoms with Gasteiger partial charge in [-0.1, -0.05) is 17.7 Å². The molecule has 1 fully saturated rings. The van der Waals surface area contributed by atoms with Crippen LogP contribution in [-0.2, 0) is 11.2 Å². The average Bonchev–Trinajstić information content (AvgIpc) is 2.45. The molecule has 20 heavy (non-hydrogen) atoms. The van der Waals surface area contributed by atoms with E-state index in [1.807, 2.05) is 4.90 Å². The van der Waals surface area contributed by atoms with Crippen molar-refractivity contribution in [2.24, 2.45) is 5.92 Å². The lowest BCUT2D eigenvalue weighted by Crippen LogP contribution is -2.45. The highest BCUT2D eigenvalue weighted by Gasteiger charge is 2.31. The Kier molecular flexibility index (Phi) is 3.79. The van der Waals surface area contributed by atoms with Gasteiger partial charge in [0.1, 0.15) is 0 Å². The van der Waals surface area contributed by atoms with Gasteiger partial charge in [0.05, 0.1) is 0 Å². The van der Waals surface area contributed by atoms with Crippen LogP contribution in [0.1, 0.15) is 37.3 Å². The number of hydrogen-bond acceptors (Lipinski definition) is 2. The zero-order chi connectivity index (χ0) is 14.1. The fourth-order valence-corrected chi connectivity index (χ4v) is 3.53. The van der Waals surface area contributed by atoms with Crippen LogP contribution in [0.25, 0.3) is 0 Å². The fourth-order valence-electron chi connectivity index (χ4n) is 3.53. The number of nitrogens with zero attached hydrogens (tertiary/aromatic N) is 1. The van der Waals surface area contributed by atoms with Crippen LogP contribution in [0.2, 0.25) is 0 Å². The van der Waals surface area contributed by atoms with E-state index < -0.39 is 0 Å². The van der Waals surface area contributed by atoms with E-state index in [0.29, 0.717) is 11.9 Å². The number of amides is 1. The Hall–Kier alpha value is -1.35. The molecule has 0 aromatic heterocycles. The molecule has 3 heteroatoms. The van der Waals surface area contributed by atoms with Gasteiger partial charge >= 0.3 is 0 Å². The number of benzene rings is 1. The number of hydrogen-bond donors (Lipinski definition) is 1. The van der Waals surface area contributed by atoms with Crippen LogP contribution >= 0.6 is 0 Å². The third kappa shape index (κ3) is 2.59. The fraction of sp³-hybridized carbons (Fsp3) is 0.588. The van der Waals surface area contributed by atoms with Crippen LogP contribution in [0.4, 0.5) is 5.69 Å². The van der Waals surface area contributed by atoms with Crippen LogP contribution in [0, 0.1) is 12.8 Å². The van der Waals surface area contributed by atoms with Crippen molar-refractivity contribution in [1.82, 2.24) is 5.32 Å². The molecular weight excluding hydrogens is 248 g/mol. The second-order valence-electron chi connectivity index (χ2n) is 6.30. The third-order valence-electron chi connectivity index (χ3n) is 4.59. The normalized spacial score (nSPS) is 26.2. The highest BCUT2D eigenvalue weighted by atomic mass is 16.2. The molecule has 0 saturated carbocycles. The van der Waals surface area contributed by atoms with Crippen molar-refractivity contribution in [3.8, 4) is 0 Å². The van der Waals surface area contributed by atoms with Crippen molar-refractivity contribution >= 4 is 11.6 Å². The number of aryl methyl sites for hydroxylation is 2. The Morgan fingerprint density at radius 1 is 1.40 bits per heavy atom. The number of piperidine rings is 1. The standard InChI is InChI=1S/C17H24N2O/c1-12-5-6-16-14(10-12)4-3-9-19(16)17(20)15-7-8-18-13(2)11-15/h5-6,10,13,15,18H,3-4,7-9,11H2,1-2H3. The van der Waals surface area contributed by atoms with Crippen molar-refractivity contribution in [3.05, 3.63) is 29.3 Å². The minimum atomic E-state index is 0.193. The second-order valence-corrected chi connectivity index (χ2v) is 6.30. The van der Waals surface area contributed by atoms with Gasteiger partial charge in [-0.3, -0.25) is 4.79 Å². The lowest BCUT2D eigenvalue weighted by molar-refractivity contribution is -0.123. The quantitative estimate of drug-likeness (QED) is 0.852. The lowest BCUT2D eigenvalue weighted by Gasteiger charge is -2.35. The molecule has 3 nitrogen and oxygen atoms in total. The summed E-state index contributed by atoms with van der Waals surface area (Å²) >= 11 is 0. The number of nitrogens with one attached hydrogen (secondary N) is 1. The average molecular weight is 272 g/mol. The maximum atomic E-state index is 12.8. The third-order valence-corrected chi connectivity index (χ3v) is 4.59. The maximum Gasteiger partial charge on any atom is 0.230 e. The predicted molar refractivity (Wildman–Crippen MR) is 82.0 cm³/mol. The second kappa shape index (κ2) is 5.57. The summed E-state index contributed by atoms with van der Waals surface area (Å²) in [5.74, 6) is 0.529. The van der Waals surface area contributed by atoms with Gasteiger partial charge in [0.25, 0.3) is 0 Å². The van der Waals surface area contributed by atoms with E-state index in [1.165, 1.54) is 11.1 Å². The molecule has 0 spiro atoms. The number of fused-ring (bicyclic) bond motifs is 1. The summed E-state index contributed by atoms with van der Waals surface area (Å²) in [6.45, 7) is 6.14. The number of anilines is 1. The van der Waals surface area contributed by atoms with Crippen molar-refractivity contribution in [2.75, 3.05) is 18.0 Å². The van der Waals surface area contributed by atoms with Crippen LogP contribution in [-0.4, -0.2) is 25.0 Å². The first-order valence-electron chi connectivity index (χ1n) is 7.79. The molecule has 108 valence electrons. The first kappa shape index (κ1) is 13.6. The van der Waals surface area contributed by atoms with Crippen molar-refractivity contribution in [3.63, 3.8) is 0 Å². The summed E-state index contributed by atoms with van der Waals surface area (Å²) in [7, 11) is 0. The van der Waals surface area contributed by atoms with E-state index in [2.05, 4.69) is 37.4 Å². The molecule has 1 aromatic carbocycles. The van der Waals surface area contributed by atoms with Gasteiger partial charge in [0, 0.05) is 24.2 Å². The van der Waals surface area contributed by atoms with Gasteiger partial charge in [0.2, 0.25) is 5.91 Å². The van der Waals surface area contributed by atoms with Gasteiger partial charge in [-0.2, -0.15) is 0 Å². The molecule has 1 amide bonds. The Labute approximate surface area is 121 Å². The van der Waals surface area contributed by atoms with E-state index in [4.69, 9.17) is 0 Å². The van der Waals surface area contributed by atoms with Gasteiger partial charge < -0.3 is 10.2 Å². The molecule has 1 N–H and O–H groups in total. The van der Waals surface area contributed by atoms with Crippen molar-refractivity contribution in [2.45, 2.75) is 45.6 Å². The minimum Gasteiger partial charge on any atom is -0.314 e. The molecule has 3 rings (SSSR count). The Bertz CT molecular complexity index is 512. The number of carbonyl (C=O) groups excluding carboxylic acids is 1. The van der Waals surface area contributed by atoms with Crippen LogP contribution in [0.5, 0.6) is 0 Å². The summed E-state index contributed by atoms with van der Waals surface area (Å²) in [5, 5.41) is 3.43. The molecule has 2 unspecified atom stereocenters. The molecule has 2 aliphatic heterocycles. The van der Waals surface area contributed by atoms with Crippen molar-refractivity contribution < 1.29 is 4.79 Å². The summed E-state index contributed by atoms with van der Waals surface area (Å²) in [6.07, 6.45) is 4.13. The molecule has 0 radical (unpaired) electrons. The molecule has 1 saturated heterocycles. The van der Waals surface area contributed by atoms with Gasteiger partial charge in [-0.15, -0.1) is 0 Å². The maximum absolute atomic E-state index is 12.8. The Morgan fingerprint density at radius 2 is 2.25 bits per heavy atom. The number of carbonyl (C=O) groups is 1. The summed E-state index contributed by atoms with van der Waals surface area (Å²) in [4.78, 5) is 14.9. The largest absolute Gasteiger partial charge is 0.314 e. The molecule has 1 aromatic rings. The van der Waals surface area contributed by atoms with Crippen molar-refractivity contribution in [1.29, 1.82) is 0 Å². The van der Waals surface area contributed by atoms with E-state index in [-0.39, 0.29) is 5.92 Å². The molecule has 2 aliphatic rings. The van der Waals surface area contributed by atoms with Gasteiger partial charge in [-0.25, -0.2) is 0 Å². The smallest absolute Gasteiger partial charge is 0.230 e. The Morgan fingerprint density at radius 3 is 3.05 bits per heavy atom. The zero-order valence-corrected chi connectivity index (χ0v) is 12.5. The summed E-state index contributed by atoms with van der Waals surface area (Å²) < 4.78 is 0. The van der Waals surface area contributed by atoms with E-state index in [0.717, 1.165) is 44.5 Å². The summed E-state index contributed by atoms with van der Waals surface area (Å²) in [6, 6.07) is 6.95. The molecular formula is C17H24N2O. The molecule has 2 atom stereocenters. The first-order valence-corrected chi connectivity index (χ1v) is 7.79. The highest BCUT2D eigenvalue weighted by Crippen LogP contribution is 2.31. The van der Waals surface area contributed by atoms with Crippen LogP contribution in [0.15, 0.2) is 18.2 Å². The zero-order valence-electron chi connectivity index (χ0n) is 12.5. The van der Waals surface area contributed by atoms with E-state index in [9.17, 15) is 4.79 Å². The monoisotopic (exact) mass is 272 g/mol. The van der Waals surface area contributed by atoms with E-state index >= 15 is 0 Å². The molecule has 2 heterocycles. The number of rotatable bonds is 1. The first-order chi connectivity index (χ1) is 9.65. The SMILES string of the molecule is Cc1ccc2c(c1)CCCN2C(=O)C1CCNC(C)C1. The molecule has 0 aliphatic carbocycles. The highest BCUT2D eigenvalue weighted by molar-refractivity contribution is 5.96. The minimum absolute atomic E-state index is 0.193. The Balaban J connectivity index is 1.83. The lowest BCUT2D eigenvalue weighted by atomic mass is 9.90. The summed E-state index contributed by atoms with van der Waals surface area (Å²) in [5.41, 5.74) is 3.78. The van der Waals surface area contributed by atoms with E-state index in [1.54, 1.807) is 0 Å². The topological polar surface area (TPSA) is 32.3 Å². The van der Waals surface area contributed by atoms with Gasteiger partial charge in [-0.05, 0) is 57.7 Å². The predicted octanol–water partition coefficient (Wildman–Crippen LogP) is 2.66.